The molecule has 0 atom stereocenters. The summed E-state index contributed by atoms with van der Waals surface area (Å²) in [6, 6.07) is 10.3. The molecule has 1 heterocycles. The Balaban J connectivity index is 1.41. The number of ether oxygens (including phenoxy) is 3. The highest BCUT2D eigenvalue weighted by Crippen LogP contribution is 2.39. The van der Waals surface area contributed by atoms with Crippen LogP contribution in [0.5, 0.6) is 11.5 Å². The van der Waals surface area contributed by atoms with Crippen molar-refractivity contribution in [1.29, 1.82) is 0 Å². The van der Waals surface area contributed by atoms with E-state index in [1.807, 2.05) is 0 Å². The van der Waals surface area contributed by atoms with Crippen LogP contribution in [0.25, 0.3) is 0 Å². The van der Waals surface area contributed by atoms with Gasteiger partial charge in [0.25, 0.3) is 0 Å². The average Bonchev–Trinajstić information content (AvgIpc) is 3.52. The summed E-state index contributed by atoms with van der Waals surface area (Å²) in [4.78, 5) is 38.6. The molecule has 210 valence electrons. The van der Waals surface area contributed by atoms with Crippen molar-refractivity contribution in [2.75, 3.05) is 19.0 Å². The van der Waals surface area contributed by atoms with Crippen molar-refractivity contribution in [2.45, 2.75) is 39.7 Å². The molecule has 2 amide bonds. The number of methoxy groups -OCH3 is 1. The van der Waals surface area contributed by atoms with Gasteiger partial charge in [-0.15, -0.1) is 11.3 Å². The standard InChI is InChI=1S/C28H27Cl2N3O6S/c1-4-38-28(36)24-17-7-5-10-23(17)40-27(24)31-25(34)26(35)33-32-15(2)16-11-12-21(22(13-16)37-3)39-14-18-19(29)8-6-9-20(18)30/h6,8-9,11-13H,4-5,7,10,14H2,1-3H3,(H,31,34)(H,33,35)/b32-15+. The number of carbonyl (C=O) groups is 3. The smallest absolute Gasteiger partial charge is 0.341 e. The largest absolute Gasteiger partial charge is 0.493 e. The number of thiophene rings is 1. The number of amides is 2. The van der Waals surface area contributed by atoms with Crippen molar-refractivity contribution >= 4 is 63.0 Å². The van der Waals surface area contributed by atoms with Gasteiger partial charge in [0.2, 0.25) is 0 Å². The molecule has 2 N–H and O–H groups in total. The van der Waals surface area contributed by atoms with Crippen molar-refractivity contribution in [3.63, 3.8) is 0 Å². The number of benzene rings is 2. The van der Waals surface area contributed by atoms with Crippen LogP contribution in [0.1, 0.15) is 52.2 Å². The van der Waals surface area contributed by atoms with E-state index in [1.165, 1.54) is 18.4 Å². The lowest BCUT2D eigenvalue weighted by molar-refractivity contribution is -0.136. The van der Waals surface area contributed by atoms with Crippen LogP contribution in [0.3, 0.4) is 0 Å². The van der Waals surface area contributed by atoms with Gasteiger partial charge >= 0.3 is 17.8 Å². The summed E-state index contributed by atoms with van der Waals surface area (Å²) >= 11 is 13.7. The van der Waals surface area contributed by atoms with Crippen LogP contribution in [0.4, 0.5) is 5.00 Å². The van der Waals surface area contributed by atoms with Gasteiger partial charge in [0.15, 0.2) is 11.5 Å². The SMILES string of the molecule is CCOC(=O)c1c(NC(=O)C(=O)N/N=C(\C)c2ccc(OCc3c(Cl)cccc3Cl)c(OC)c2)sc2c1CCC2. The zero-order valence-electron chi connectivity index (χ0n) is 22.1. The van der Waals surface area contributed by atoms with Gasteiger partial charge in [0.1, 0.15) is 11.6 Å². The fraction of sp³-hybridized carbons (Fsp3) is 0.286. The Kier molecular flexibility index (Phi) is 9.67. The van der Waals surface area contributed by atoms with Gasteiger partial charge < -0.3 is 19.5 Å². The Morgan fingerprint density at radius 3 is 2.50 bits per heavy atom. The van der Waals surface area contributed by atoms with E-state index in [-0.39, 0.29) is 13.2 Å². The molecular formula is C28H27Cl2N3O6S. The number of hydrogen-bond acceptors (Lipinski definition) is 8. The topological polar surface area (TPSA) is 115 Å². The molecule has 0 aliphatic heterocycles. The molecular weight excluding hydrogens is 577 g/mol. The summed E-state index contributed by atoms with van der Waals surface area (Å²) in [6.45, 7) is 3.72. The fourth-order valence-corrected chi connectivity index (χ4v) is 5.93. The van der Waals surface area contributed by atoms with E-state index < -0.39 is 17.8 Å². The summed E-state index contributed by atoms with van der Waals surface area (Å²) in [5.41, 5.74) is 5.16. The van der Waals surface area contributed by atoms with Gasteiger partial charge in [-0.2, -0.15) is 5.10 Å². The van der Waals surface area contributed by atoms with E-state index in [0.717, 1.165) is 29.7 Å². The van der Waals surface area contributed by atoms with Crippen molar-refractivity contribution in [2.24, 2.45) is 5.10 Å². The van der Waals surface area contributed by atoms with Gasteiger partial charge in [0.05, 0.1) is 25.0 Å². The van der Waals surface area contributed by atoms with Crippen molar-refractivity contribution < 1.29 is 28.6 Å². The van der Waals surface area contributed by atoms with Crippen LogP contribution >= 0.6 is 34.5 Å². The summed E-state index contributed by atoms with van der Waals surface area (Å²) in [5.74, 6) is -1.55. The quantitative estimate of drug-likeness (QED) is 0.138. The van der Waals surface area contributed by atoms with Crippen LogP contribution in [0.2, 0.25) is 10.0 Å². The van der Waals surface area contributed by atoms with E-state index >= 15 is 0 Å². The highest BCUT2D eigenvalue weighted by atomic mass is 35.5. The molecule has 0 fully saturated rings. The van der Waals surface area contributed by atoms with Gasteiger partial charge in [-0.3, -0.25) is 9.59 Å². The third-order valence-corrected chi connectivity index (χ3v) is 8.09. The summed E-state index contributed by atoms with van der Waals surface area (Å²) in [7, 11) is 1.50. The molecule has 3 aromatic rings. The molecule has 2 aromatic carbocycles. The van der Waals surface area contributed by atoms with Crippen LogP contribution < -0.4 is 20.2 Å². The van der Waals surface area contributed by atoms with E-state index in [9.17, 15) is 14.4 Å². The number of hydrogen-bond donors (Lipinski definition) is 2. The molecule has 0 radical (unpaired) electrons. The molecule has 0 saturated heterocycles. The molecule has 9 nitrogen and oxygen atoms in total. The second-order valence-electron chi connectivity index (χ2n) is 8.73. The molecule has 40 heavy (non-hydrogen) atoms. The molecule has 0 saturated carbocycles. The lowest BCUT2D eigenvalue weighted by Gasteiger charge is -2.13. The maximum Gasteiger partial charge on any atom is 0.341 e. The Morgan fingerprint density at radius 2 is 1.80 bits per heavy atom. The highest BCUT2D eigenvalue weighted by Gasteiger charge is 2.29. The molecule has 1 aliphatic rings. The number of hydrazone groups is 1. The number of esters is 1. The van der Waals surface area contributed by atoms with Crippen molar-refractivity contribution in [3.05, 3.63) is 73.6 Å². The lowest BCUT2D eigenvalue weighted by atomic mass is 10.1. The predicted molar refractivity (Wildman–Crippen MR) is 155 cm³/mol. The normalized spacial score (nSPS) is 12.5. The molecule has 0 spiro atoms. The Labute approximate surface area is 245 Å². The Morgan fingerprint density at radius 1 is 1.05 bits per heavy atom. The average molecular weight is 605 g/mol. The number of fused-ring (bicyclic) bond motifs is 1. The first-order valence-electron chi connectivity index (χ1n) is 12.4. The summed E-state index contributed by atoms with van der Waals surface area (Å²) in [6.07, 6.45) is 2.48. The molecule has 12 heteroatoms. The van der Waals surface area contributed by atoms with E-state index in [4.69, 9.17) is 37.4 Å². The first-order valence-corrected chi connectivity index (χ1v) is 14.0. The lowest BCUT2D eigenvalue weighted by Crippen LogP contribution is -2.33. The van der Waals surface area contributed by atoms with Crippen LogP contribution in [-0.2, 0) is 33.8 Å². The molecule has 1 aliphatic carbocycles. The van der Waals surface area contributed by atoms with E-state index in [2.05, 4.69) is 15.8 Å². The van der Waals surface area contributed by atoms with Gasteiger partial charge in [-0.25, -0.2) is 10.2 Å². The molecule has 0 unspecified atom stereocenters. The second kappa shape index (κ2) is 13.2. The number of nitrogens with one attached hydrogen (secondary N) is 2. The first-order chi connectivity index (χ1) is 19.2. The number of anilines is 1. The first kappa shape index (κ1) is 29.4. The summed E-state index contributed by atoms with van der Waals surface area (Å²) < 4.78 is 16.5. The minimum atomic E-state index is -0.980. The van der Waals surface area contributed by atoms with E-state index in [0.29, 0.717) is 48.9 Å². The minimum absolute atomic E-state index is 0.136. The Hall–Kier alpha value is -3.60. The minimum Gasteiger partial charge on any atom is -0.493 e. The third kappa shape index (κ3) is 6.57. The van der Waals surface area contributed by atoms with E-state index in [1.54, 1.807) is 50.2 Å². The van der Waals surface area contributed by atoms with Crippen molar-refractivity contribution in [1.82, 2.24) is 5.43 Å². The zero-order valence-corrected chi connectivity index (χ0v) is 24.4. The zero-order chi connectivity index (χ0) is 28.8. The molecule has 0 bridgehead atoms. The number of rotatable bonds is 9. The maximum atomic E-state index is 12.6. The monoisotopic (exact) mass is 603 g/mol. The number of aryl methyl sites for hydroxylation is 1. The van der Waals surface area contributed by atoms with Crippen molar-refractivity contribution in [3.8, 4) is 11.5 Å². The molecule has 1 aromatic heterocycles. The third-order valence-electron chi connectivity index (χ3n) is 6.17. The van der Waals surface area contributed by atoms with Gasteiger partial charge in [-0.1, -0.05) is 29.3 Å². The second-order valence-corrected chi connectivity index (χ2v) is 10.6. The highest BCUT2D eigenvalue weighted by molar-refractivity contribution is 7.17. The Bertz CT molecular complexity index is 1470. The van der Waals surface area contributed by atoms with Gasteiger partial charge in [0, 0.05) is 26.0 Å². The number of halogens is 2. The van der Waals surface area contributed by atoms with Gasteiger partial charge in [-0.05, 0) is 69.0 Å². The van der Waals surface area contributed by atoms with Crippen LogP contribution in [0, 0.1) is 0 Å². The number of nitrogens with zero attached hydrogens (tertiary/aromatic N) is 1. The van der Waals surface area contributed by atoms with Crippen LogP contribution in [-0.4, -0.2) is 37.2 Å². The number of carbonyl (C=O) groups excluding carboxylic acids is 3. The fourth-order valence-electron chi connectivity index (χ4n) is 4.15. The molecule has 4 rings (SSSR count). The summed E-state index contributed by atoms with van der Waals surface area (Å²) in [5, 5.41) is 7.89. The maximum absolute atomic E-state index is 12.6. The predicted octanol–water partition coefficient (Wildman–Crippen LogP) is 5.79. The van der Waals surface area contributed by atoms with Crippen LogP contribution in [0.15, 0.2) is 41.5 Å².